The second kappa shape index (κ2) is 8.29. The second-order valence-electron chi connectivity index (χ2n) is 5.90. The summed E-state index contributed by atoms with van der Waals surface area (Å²) in [6.07, 6.45) is 3.81. The number of thiazole rings is 1. The van der Waals surface area contributed by atoms with Crippen molar-refractivity contribution in [3.05, 3.63) is 71.5 Å². The van der Waals surface area contributed by atoms with Crippen LogP contribution in [0.25, 0.3) is 11.0 Å². The van der Waals surface area contributed by atoms with E-state index in [1.807, 2.05) is 47.5 Å². The summed E-state index contributed by atoms with van der Waals surface area (Å²) in [6.45, 7) is 3.08. The van der Waals surface area contributed by atoms with Gasteiger partial charge in [0, 0.05) is 34.5 Å². The number of fused-ring (bicyclic) bond motifs is 1. The van der Waals surface area contributed by atoms with Crippen LogP contribution in [0.3, 0.4) is 0 Å². The molecule has 4 rings (SSSR count). The van der Waals surface area contributed by atoms with Gasteiger partial charge in [0.15, 0.2) is 0 Å². The van der Waals surface area contributed by atoms with E-state index >= 15 is 0 Å². The third-order valence-corrected chi connectivity index (χ3v) is 7.63. The predicted molar refractivity (Wildman–Crippen MR) is 114 cm³/mol. The summed E-state index contributed by atoms with van der Waals surface area (Å²) in [7, 11) is 0. The lowest BCUT2D eigenvalue weighted by molar-refractivity contribution is 0.814. The van der Waals surface area contributed by atoms with Crippen molar-refractivity contribution in [3.8, 4) is 0 Å². The van der Waals surface area contributed by atoms with Crippen molar-refractivity contribution < 1.29 is 0 Å². The van der Waals surface area contributed by atoms with E-state index in [9.17, 15) is 0 Å². The molecule has 3 nitrogen and oxygen atoms in total. The van der Waals surface area contributed by atoms with E-state index in [1.54, 1.807) is 11.3 Å². The van der Waals surface area contributed by atoms with Gasteiger partial charge in [-0.3, -0.25) is 0 Å². The first kappa shape index (κ1) is 17.6. The molecule has 132 valence electrons. The summed E-state index contributed by atoms with van der Waals surface area (Å²) in [6, 6.07) is 14.9. The van der Waals surface area contributed by atoms with Gasteiger partial charge in [0.25, 0.3) is 0 Å². The first-order valence-corrected chi connectivity index (χ1v) is 11.3. The van der Waals surface area contributed by atoms with E-state index in [4.69, 9.17) is 0 Å². The molecule has 6 heteroatoms. The van der Waals surface area contributed by atoms with Crippen LogP contribution in [0.5, 0.6) is 0 Å². The van der Waals surface area contributed by atoms with Crippen molar-refractivity contribution in [2.45, 2.75) is 22.7 Å². The van der Waals surface area contributed by atoms with Crippen LogP contribution in [0.4, 0.5) is 0 Å². The zero-order chi connectivity index (χ0) is 17.8. The van der Waals surface area contributed by atoms with E-state index in [0.717, 1.165) is 27.9 Å². The van der Waals surface area contributed by atoms with E-state index in [0.29, 0.717) is 0 Å². The van der Waals surface area contributed by atoms with E-state index < -0.39 is 0 Å². The van der Waals surface area contributed by atoms with Gasteiger partial charge in [0.1, 0.15) is 4.34 Å². The molecule has 0 bridgehead atoms. The molecule has 0 saturated heterocycles. The van der Waals surface area contributed by atoms with Gasteiger partial charge in [-0.25, -0.2) is 9.97 Å². The van der Waals surface area contributed by atoms with Crippen molar-refractivity contribution >= 4 is 45.9 Å². The van der Waals surface area contributed by atoms with Gasteiger partial charge in [-0.1, -0.05) is 36.0 Å². The number of rotatable bonds is 7. The number of hydrogen-bond acceptors (Lipinski definition) is 5. The van der Waals surface area contributed by atoms with Crippen LogP contribution in [-0.2, 0) is 6.54 Å². The zero-order valence-corrected chi connectivity index (χ0v) is 16.9. The number of hydrogen-bond donors (Lipinski definition) is 0. The predicted octanol–water partition coefficient (Wildman–Crippen LogP) is 5.73. The molecule has 0 spiro atoms. The minimum absolute atomic E-state index is 0.856. The molecular formula is C20H19N3S3. The summed E-state index contributed by atoms with van der Waals surface area (Å²) in [5, 5.41) is 2.03. The Morgan fingerprint density at radius 1 is 1.00 bits per heavy atom. The first-order valence-electron chi connectivity index (χ1n) is 8.45. The number of benzene rings is 2. The van der Waals surface area contributed by atoms with Crippen LogP contribution in [0.1, 0.15) is 11.1 Å². The van der Waals surface area contributed by atoms with Gasteiger partial charge in [-0.05, 0) is 36.2 Å². The molecule has 26 heavy (non-hydrogen) atoms. The highest BCUT2D eigenvalue weighted by molar-refractivity contribution is 8.03. The van der Waals surface area contributed by atoms with E-state index in [-0.39, 0.29) is 0 Å². The molecule has 2 heterocycles. The maximum Gasteiger partial charge on any atom is 0.149 e. The van der Waals surface area contributed by atoms with Crippen LogP contribution in [0.2, 0.25) is 0 Å². The fourth-order valence-electron chi connectivity index (χ4n) is 2.87. The van der Waals surface area contributed by atoms with Gasteiger partial charge in [-0.2, -0.15) is 0 Å². The topological polar surface area (TPSA) is 30.7 Å². The Bertz CT molecular complexity index is 993. The largest absolute Gasteiger partial charge is 0.326 e. The zero-order valence-electron chi connectivity index (χ0n) is 14.5. The van der Waals surface area contributed by atoms with Crippen LogP contribution in [-0.4, -0.2) is 26.0 Å². The summed E-state index contributed by atoms with van der Waals surface area (Å²) in [5.74, 6) is 2.16. The molecular weight excluding hydrogens is 378 g/mol. The van der Waals surface area contributed by atoms with Gasteiger partial charge in [0.2, 0.25) is 0 Å². The monoisotopic (exact) mass is 397 g/mol. The smallest absolute Gasteiger partial charge is 0.149 e. The number of para-hydroxylation sites is 2. The fourth-order valence-corrected chi connectivity index (χ4v) is 5.64. The standard InChI is InChI=1S/C20H19N3S3/c1-15-16(13-23-14-22-17-6-2-3-7-18(17)23)5-4-8-19(15)24-11-12-26-20-21-9-10-25-20/h2-10,14H,11-13H2,1H3. The van der Waals surface area contributed by atoms with E-state index in [2.05, 4.69) is 57.9 Å². The van der Waals surface area contributed by atoms with Gasteiger partial charge in [-0.15, -0.1) is 23.1 Å². The van der Waals surface area contributed by atoms with Crippen LogP contribution >= 0.6 is 34.9 Å². The van der Waals surface area contributed by atoms with Crippen LogP contribution in [0, 0.1) is 6.92 Å². The molecule has 0 atom stereocenters. The molecule has 0 unspecified atom stereocenters. The maximum absolute atomic E-state index is 4.50. The SMILES string of the molecule is Cc1c(Cn2cnc3ccccc32)cccc1SCCSc1nccs1. The lowest BCUT2D eigenvalue weighted by atomic mass is 10.1. The maximum atomic E-state index is 4.50. The lowest BCUT2D eigenvalue weighted by Crippen LogP contribution is -2.01. The number of thioether (sulfide) groups is 2. The highest BCUT2D eigenvalue weighted by Crippen LogP contribution is 2.28. The van der Waals surface area contributed by atoms with Crippen LogP contribution in [0.15, 0.2) is 69.6 Å². The molecule has 2 aromatic carbocycles. The lowest BCUT2D eigenvalue weighted by Gasteiger charge is -2.12. The van der Waals surface area contributed by atoms with Crippen molar-refractivity contribution in [3.63, 3.8) is 0 Å². The molecule has 0 radical (unpaired) electrons. The molecule has 0 amide bonds. The average Bonchev–Trinajstić information content (AvgIpc) is 3.32. The number of nitrogens with zero attached hydrogens (tertiary/aromatic N) is 3. The second-order valence-corrected chi connectivity index (χ2v) is 9.27. The minimum atomic E-state index is 0.856. The quantitative estimate of drug-likeness (QED) is 0.294. The molecule has 0 aliphatic carbocycles. The van der Waals surface area contributed by atoms with E-state index in [1.165, 1.54) is 21.5 Å². The Morgan fingerprint density at radius 2 is 1.88 bits per heavy atom. The summed E-state index contributed by atoms with van der Waals surface area (Å²) in [4.78, 5) is 10.2. The van der Waals surface area contributed by atoms with Crippen LogP contribution < -0.4 is 0 Å². The highest BCUT2D eigenvalue weighted by atomic mass is 32.2. The fraction of sp³-hybridized carbons (Fsp3) is 0.200. The van der Waals surface area contributed by atoms with Crippen molar-refractivity contribution in [1.82, 2.24) is 14.5 Å². The summed E-state index contributed by atoms with van der Waals surface area (Å²) < 4.78 is 3.38. The molecule has 0 aliphatic rings. The molecule has 0 N–H and O–H groups in total. The summed E-state index contributed by atoms with van der Waals surface area (Å²) in [5.41, 5.74) is 4.96. The van der Waals surface area contributed by atoms with Crippen molar-refractivity contribution in [2.24, 2.45) is 0 Å². The first-order chi connectivity index (χ1) is 12.8. The Hall–Kier alpha value is -1.76. The molecule has 0 aliphatic heterocycles. The molecule has 2 aromatic heterocycles. The molecule has 4 aromatic rings. The Kier molecular flexibility index (Phi) is 5.62. The van der Waals surface area contributed by atoms with Gasteiger partial charge < -0.3 is 4.57 Å². The van der Waals surface area contributed by atoms with Crippen molar-refractivity contribution in [1.29, 1.82) is 0 Å². The van der Waals surface area contributed by atoms with Crippen molar-refractivity contribution in [2.75, 3.05) is 11.5 Å². The number of aromatic nitrogens is 3. The average molecular weight is 398 g/mol. The third kappa shape index (κ3) is 3.98. The molecule has 0 saturated carbocycles. The summed E-state index contributed by atoms with van der Waals surface area (Å²) >= 11 is 5.48. The highest BCUT2D eigenvalue weighted by Gasteiger charge is 2.08. The third-order valence-electron chi connectivity index (χ3n) is 4.24. The van der Waals surface area contributed by atoms with Gasteiger partial charge >= 0.3 is 0 Å². The Morgan fingerprint density at radius 3 is 2.77 bits per heavy atom. The Labute approximate surface area is 165 Å². The minimum Gasteiger partial charge on any atom is -0.326 e. The van der Waals surface area contributed by atoms with Gasteiger partial charge in [0.05, 0.1) is 17.4 Å². The Balaban J connectivity index is 1.43. The molecule has 0 fully saturated rings. The number of imidazole rings is 1. The normalized spacial score (nSPS) is 11.3.